The van der Waals surface area contributed by atoms with Crippen molar-refractivity contribution in [3.05, 3.63) is 41.5 Å². The smallest absolute Gasteiger partial charge is 0.0693 e. The molecule has 1 aromatic carbocycles. The Kier molecular flexibility index (Phi) is 4.02. The third-order valence-corrected chi connectivity index (χ3v) is 5.85. The molecule has 0 aromatic heterocycles. The zero-order valence-corrected chi connectivity index (χ0v) is 13.3. The quantitative estimate of drug-likeness (QED) is 0.723. The van der Waals surface area contributed by atoms with Crippen LogP contribution in [0.4, 0.5) is 0 Å². The van der Waals surface area contributed by atoms with E-state index in [4.69, 9.17) is 4.99 Å². The van der Waals surface area contributed by atoms with E-state index >= 15 is 0 Å². The topological polar surface area (TPSA) is 12.4 Å². The molecule has 106 valence electrons. The molecule has 1 atom stereocenters. The molecular weight excluding hydrogens is 262 g/mol. The Labute approximate surface area is 126 Å². The molecule has 1 aliphatic carbocycles. The molecule has 0 saturated heterocycles. The summed E-state index contributed by atoms with van der Waals surface area (Å²) in [4.78, 5) is 6.62. The summed E-state index contributed by atoms with van der Waals surface area (Å²) in [6, 6.07) is 8.79. The molecule has 1 nitrogen and oxygen atoms in total. The first-order valence-electron chi connectivity index (χ1n) is 7.73. The first-order valence-corrected chi connectivity index (χ1v) is 8.72. The van der Waals surface area contributed by atoms with Gasteiger partial charge in [-0.1, -0.05) is 31.2 Å². The number of allylic oxidation sites excluding steroid dienone is 2. The molecule has 0 amide bonds. The van der Waals surface area contributed by atoms with Gasteiger partial charge in [-0.05, 0) is 50.7 Å². The van der Waals surface area contributed by atoms with Gasteiger partial charge in [0.1, 0.15) is 0 Å². The van der Waals surface area contributed by atoms with Gasteiger partial charge in [-0.25, -0.2) is 0 Å². The van der Waals surface area contributed by atoms with Crippen molar-refractivity contribution in [3.63, 3.8) is 0 Å². The van der Waals surface area contributed by atoms with Crippen LogP contribution in [0, 0.1) is 0 Å². The molecule has 2 aliphatic rings. The van der Waals surface area contributed by atoms with Crippen LogP contribution in [0.1, 0.15) is 51.5 Å². The second kappa shape index (κ2) is 5.77. The molecule has 3 rings (SSSR count). The highest BCUT2D eigenvalue weighted by atomic mass is 32.2. The Morgan fingerprint density at radius 2 is 2.10 bits per heavy atom. The number of benzene rings is 1. The zero-order valence-electron chi connectivity index (χ0n) is 12.5. The normalized spacial score (nSPS) is 26.3. The monoisotopic (exact) mass is 285 g/mol. The van der Waals surface area contributed by atoms with Crippen LogP contribution in [0.3, 0.4) is 0 Å². The summed E-state index contributed by atoms with van der Waals surface area (Å²) in [5.74, 6) is 1.08. The second-order valence-electron chi connectivity index (χ2n) is 6.07. The minimum atomic E-state index is 0.0668. The van der Waals surface area contributed by atoms with Gasteiger partial charge in [-0.2, -0.15) is 0 Å². The van der Waals surface area contributed by atoms with Gasteiger partial charge in [-0.3, -0.25) is 4.99 Å². The Bertz CT molecular complexity index is 558. The highest BCUT2D eigenvalue weighted by Gasteiger charge is 2.28. The predicted octanol–water partition coefficient (Wildman–Crippen LogP) is 5.25. The number of hydrogen-bond donors (Lipinski definition) is 0. The molecule has 0 saturated carbocycles. The zero-order chi connectivity index (χ0) is 14.0. The fourth-order valence-corrected chi connectivity index (χ4v) is 4.09. The highest BCUT2D eigenvalue weighted by Crippen LogP contribution is 2.36. The number of thioether (sulfide) groups is 1. The van der Waals surface area contributed by atoms with E-state index in [9.17, 15) is 0 Å². The predicted molar refractivity (Wildman–Crippen MR) is 89.0 cm³/mol. The second-order valence-corrected chi connectivity index (χ2v) is 7.09. The Balaban J connectivity index is 2.11. The number of nitrogens with zero attached hydrogens (tertiary/aromatic N) is 1. The lowest BCUT2D eigenvalue weighted by molar-refractivity contribution is 0.515. The van der Waals surface area contributed by atoms with Crippen molar-refractivity contribution in [2.45, 2.75) is 56.4 Å². The van der Waals surface area contributed by atoms with E-state index < -0.39 is 0 Å². The molecule has 0 N–H and O–H groups in total. The van der Waals surface area contributed by atoms with Gasteiger partial charge in [0.2, 0.25) is 0 Å². The first-order chi connectivity index (χ1) is 9.72. The van der Waals surface area contributed by atoms with Crippen LogP contribution in [0.15, 0.2) is 45.8 Å². The summed E-state index contributed by atoms with van der Waals surface area (Å²) in [6.45, 7) is 4.56. The maximum Gasteiger partial charge on any atom is 0.0693 e. The first kappa shape index (κ1) is 13.9. The van der Waals surface area contributed by atoms with E-state index in [-0.39, 0.29) is 5.54 Å². The highest BCUT2D eigenvalue weighted by molar-refractivity contribution is 7.99. The number of fused-ring (bicyclic) bond motifs is 1. The summed E-state index contributed by atoms with van der Waals surface area (Å²) < 4.78 is 0. The molecule has 2 heteroatoms. The van der Waals surface area contributed by atoms with Crippen molar-refractivity contribution >= 4 is 17.5 Å². The van der Waals surface area contributed by atoms with Crippen molar-refractivity contribution in [1.29, 1.82) is 0 Å². The van der Waals surface area contributed by atoms with Crippen LogP contribution in [0.2, 0.25) is 0 Å². The summed E-state index contributed by atoms with van der Waals surface area (Å²) in [5, 5.41) is 0. The lowest BCUT2D eigenvalue weighted by Gasteiger charge is -2.23. The van der Waals surface area contributed by atoms with Crippen LogP contribution in [-0.4, -0.2) is 17.0 Å². The lowest BCUT2D eigenvalue weighted by atomic mass is 9.91. The van der Waals surface area contributed by atoms with Crippen molar-refractivity contribution in [2.24, 2.45) is 4.99 Å². The van der Waals surface area contributed by atoms with E-state index in [1.54, 1.807) is 0 Å². The molecule has 20 heavy (non-hydrogen) atoms. The number of hydrogen-bond acceptors (Lipinski definition) is 2. The Hall–Kier alpha value is -1.02. The van der Waals surface area contributed by atoms with E-state index in [2.05, 4.69) is 44.2 Å². The van der Waals surface area contributed by atoms with Gasteiger partial charge < -0.3 is 0 Å². The molecule has 1 unspecified atom stereocenters. The molecule has 1 aromatic rings. The van der Waals surface area contributed by atoms with Crippen LogP contribution >= 0.6 is 11.8 Å². The van der Waals surface area contributed by atoms with Gasteiger partial charge >= 0.3 is 0 Å². The lowest BCUT2D eigenvalue weighted by Crippen LogP contribution is -2.25. The van der Waals surface area contributed by atoms with Gasteiger partial charge in [0.15, 0.2) is 0 Å². The maximum absolute atomic E-state index is 5.22. The molecule has 0 spiro atoms. The standard InChI is InChI=1S/C18H23NS/c1-3-18(2)13-20-16-12-8-7-11-15(16)17(19-18)14-9-5-4-6-10-14/h7-9,11-12H,3-6,10,13H2,1-2H3. The minimum absolute atomic E-state index is 0.0668. The Morgan fingerprint density at radius 1 is 1.25 bits per heavy atom. The molecular formula is C18H23NS. The summed E-state index contributed by atoms with van der Waals surface area (Å²) >= 11 is 1.97. The average Bonchev–Trinajstić information content (AvgIpc) is 2.66. The minimum Gasteiger partial charge on any atom is -0.277 e. The van der Waals surface area contributed by atoms with Gasteiger partial charge in [0.25, 0.3) is 0 Å². The van der Waals surface area contributed by atoms with Crippen molar-refractivity contribution in [2.75, 3.05) is 5.75 Å². The molecule has 1 heterocycles. The fraction of sp³-hybridized carbons (Fsp3) is 0.500. The summed E-state index contributed by atoms with van der Waals surface area (Å²) in [7, 11) is 0. The summed E-state index contributed by atoms with van der Waals surface area (Å²) in [6.07, 6.45) is 8.57. The van der Waals surface area contributed by atoms with Crippen molar-refractivity contribution < 1.29 is 0 Å². The van der Waals surface area contributed by atoms with E-state index in [0.717, 1.165) is 12.2 Å². The Morgan fingerprint density at radius 3 is 2.85 bits per heavy atom. The third kappa shape index (κ3) is 2.71. The number of aliphatic imine (C=N–C) groups is 1. The van der Waals surface area contributed by atoms with E-state index in [1.807, 2.05) is 11.8 Å². The van der Waals surface area contributed by atoms with E-state index in [1.165, 1.54) is 47.4 Å². The fourth-order valence-electron chi connectivity index (χ4n) is 2.86. The number of rotatable bonds is 2. The SMILES string of the molecule is CCC1(C)CSc2ccccc2C(C2=CCCCC2)=N1. The van der Waals surface area contributed by atoms with Crippen LogP contribution in [-0.2, 0) is 0 Å². The van der Waals surface area contributed by atoms with Gasteiger partial charge in [0.05, 0.1) is 11.3 Å². The summed E-state index contributed by atoms with van der Waals surface area (Å²) in [5.41, 5.74) is 4.17. The third-order valence-electron chi connectivity index (χ3n) is 4.42. The van der Waals surface area contributed by atoms with Crippen LogP contribution in [0.5, 0.6) is 0 Å². The van der Waals surface area contributed by atoms with Gasteiger partial charge in [0, 0.05) is 16.2 Å². The van der Waals surface area contributed by atoms with Crippen molar-refractivity contribution in [1.82, 2.24) is 0 Å². The van der Waals surface area contributed by atoms with Crippen molar-refractivity contribution in [3.8, 4) is 0 Å². The molecule has 0 radical (unpaired) electrons. The largest absolute Gasteiger partial charge is 0.277 e. The molecule has 1 aliphatic heterocycles. The van der Waals surface area contributed by atoms with E-state index in [0.29, 0.717) is 0 Å². The average molecular weight is 285 g/mol. The van der Waals surface area contributed by atoms with Crippen LogP contribution < -0.4 is 0 Å². The van der Waals surface area contributed by atoms with Crippen LogP contribution in [0.25, 0.3) is 0 Å². The molecule has 0 bridgehead atoms. The molecule has 0 fully saturated rings. The van der Waals surface area contributed by atoms with Gasteiger partial charge in [-0.15, -0.1) is 11.8 Å². The maximum atomic E-state index is 5.22.